The van der Waals surface area contributed by atoms with Gasteiger partial charge in [0, 0.05) is 12.6 Å². The molecule has 1 saturated heterocycles. The number of hydrogen-bond acceptors (Lipinski definition) is 3. The summed E-state index contributed by atoms with van der Waals surface area (Å²) in [7, 11) is 0. The van der Waals surface area contributed by atoms with Crippen molar-refractivity contribution >= 4 is 6.09 Å². The summed E-state index contributed by atoms with van der Waals surface area (Å²) in [5.74, 6) is 0. The lowest BCUT2D eigenvalue weighted by molar-refractivity contribution is 0.0576. The van der Waals surface area contributed by atoms with E-state index in [1.165, 1.54) is 0 Å². The van der Waals surface area contributed by atoms with Crippen LogP contribution in [0.3, 0.4) is 0 Å². The van der Waals surface area contributed by atoms with Gasteiger partial charge in [0.05, 0.1) is 12.6 Å². The van der Waals surface area contributed by atoms with Gasteiger partial charge in [0.25, 0.3) is 0 Å². The van der Waals surface area contributed by atoms with Crippen LogP contribution in [-0.2, 0) is 0 Å². The molecule has 1 aliphatic rings. The average molecular weight is 160 g/mol. The van der Waals surface area contributed by atoms with Gasteiger partial charge in [-0.3, -0.25) is 0 Å². The van der Waals surface area contributed by atoms with E-state index < -0.39 is 12.2 Å². The molecule has 1 heterocycles. The number of piperidine rings is 1. The molecule has 1 aliphatic heterocycles. The number of hydrogen-bond donors (Lipinski definition) is 3. The summed E-state index contributed by atoms with van der Waals surface area (Å²) < 4.78 is 0. The van der Waals surface area contributed by atoms with E-state index in [0.29, 0.717) is 13.0 Å². The molecule has 11 heavy (non-hydrogen) atoms. The molecule has 0 saturated carbocycles. The quantitative estimate of drug-likeness (QED) is 0.426. The Bertz CT molecular complexity index is 152. The molecule has 5 heteroatoms. The molecule has 4 N–H and O–H groups in total. The SMILES string of the molecule is N[C@@H]1C[C@@H](O)CN(C(=O)O)C1. The largest absolute Gasteiger partial charge is 0.465 e. The monoisotopic (exact) mass is 160 g/mol. The van der Waals surface area contributed by atoms with E-state index >= 15 is 0 Å². The van der Waals surface area contributed by atoms with Gasteiger partial charge in [0.1, 0.15) is 0 Å². The first-order chi connectivity index (χ1) is 5.09. The van der Waals surface area contributed by atoms with Crippen molar-refractivity contribution in [3.8, 4) is 0 Å². The van der Waals surface area contributed by atoms with Gasteiger partial charge in [-0.2, -0.15) is 0 Å². The summed E-state index contributed by atoms with van der Waals surface area (Å²) >= 11 is 0. The lowest BCUT2D eigenvalue weighted by Gasteiger charge is -2.31. The topological polar surface area (TPSA) is 86.8 Å². The highest BCUT2D eigenvalue weighted by atomic mass is 16.4. The summed E-state index contributed by atoms with van der Waals surface area (Å²) in [5.41, 5.74) is 5.49. The van der Waals surface area contributed by atoms with E-state index in [-0.39, 0.29) is 12.6 Å². The van der Waals surface area contributed by atoms with E-state index in [9.17, 15) is 4.79 Å². The number of carbonyl (C=O) groups is 1. The number of likely N-dealkylation sites (tertiary alicyclic amines) is 1. The van der Waals surface area contributed by atoms with Crippen LogP contribution in [0.5, 0.6) is 0 Å². The molecule has 1 rings (SSSR count). The highest BCUT2D eigenvalue weighted by molar-refractivity contribution is 5.65. The smallest absolute Gasteiger partial charge is 0.407 e. The summed E-state index contributed by atoms with van der Waals surface area (Å²) in [6.45, 7) is 0.509. The minimum atomic E-state index is -1.01. The summed E-state index contributed by atoms with van der Waals surface area (Å²) in [6, 6.07) is -0.227. The third-order valence-corrected chi connectivity index (χ3v) is 1.73. The minimum absolute atomic E-state index is 0.184. The fourth-order valence-electron chi connectivity index (χ4n) is 1.27. The second-order valence-electron chi connectivity index (χ2n) is 2.84. The maximum atomic E-state index is 10.4. The molecular weight excluding hydrogens is 148 g/mol. The zero-order valence-corrected chi connectivity index (χ0v) is 6.10. The number of nitrogens with zero attached hydrogens (tertiary/aromatic N) is 1. The Morgan fingerprint density at radius 1 is 1.55 bits per heavy atom. The highest BCUT2D eigenvalue weighted by Gasteiger charge is 2.26. The van der Waals surface area contributed by atoms with Crippen molar-refractivity contribution in [2.75, 3.05) is 13.1 Å². The Morgan fingerprint density at radius 2 is 2.18 bits per heavy atom. The lowest BCUT2D eigenvalue weighted by Crippen LogP contribution is -2.50. The van der Waals surface area contributed by atoms with Gasteiger partial charge >= 0.3 is 6.09 Å². The van der Waals surface area contributed by atoms with Crippen molar-refractivity contribution in [2.45, 2.75) is 18.6 Å². The van der Waals surface area contributed by atoms with Crippen LogP contribution in [0.2, 0.25) is 0 Å². The van der Waals surface area contributed by atoms with Crippen LogP contribution >= 0.6 is 0 Å². The van der Waals surface area contributed by atoms with Gasteiger partial charge in [0.2, 0.25) is 0 Å². The van der Waals surface area contributed by atoms with Crippen LogP contribution in [0.4, 0.5) is 4.79 Å². The fourth-order valence-corrected chi connectivity index (χ4v) is 1.27. The number of nitrogens with two attached hydrogens (primary N) is 1. The predicted octanol–water partition coefficient (Wildman–Crippen LogP) is -0.942. The van der Waals surface area contributed by atoms with Crippen molar-refractivity contribution in [2.24, 2.45) is 5.73 Å². The zero-order chi connectivity index (χ0) is 8.43. The first-order valence-electron chi connectivity index (χ1n) is 3.51. The molecule has 0 unspecified atom stereocenters. The van der Waals surface area contributed by atoms with Crippen LogP contribution in [0.15, 0.2) is 0 Å². The molecule has 0 radical (unpaired) electrons. The molecule has 1 amide bonds. The van der Waals surface area contributed by atoms with Crippen molar-refractivity contribution in [1.29, 1.82) is 0 Å². The Labute approximate surface area is 64.4 Å². The molecular formula is C6H12N2O3. The van der Waals surface area contributed by atoms with Gasteiger partial charge in [-0.25, -0.2) is 4.79 Å². The molecule has 2 atom stereocenters. The third-order valence-electron chi connectivity index (χ3n) is 1.73. The molecule has 0 aromatic carbocycles. The van der Waals surface area contributed by atoms with Gasteiger partial charge < -0.3 is 20.8 Å². The van der Waals surface area contributed by atoms with E-state index in [0.717, 1.165) is 4.90 Å². The molecule has 1 fully saturated rings. The second kappa shape index (κ2) is 3.06. The Morgan fingerprint density at radius 3 is 2.64 bits per heavy atom. The Hall–Kier alpha value is -0.810. The number of rotatable bonds is 0. The second-order valence-corrected chi connectivity index (χ2v) is 2.84. The Balaban J connectivity index is 2.49. The first kappa shape index (κ1) is 8.29. The normalized spacial score (nSPS) is 32.0. The van der Waals surface area contributed by atoms with Crippen LogP contribution in [0.1, 0.15) is 6.42 Å². The van der Waals surface area contributed by atoms with Crippen LogP contribution in [0.25, 0.3) is 0 Å². The number of aliphatic hydroxyl groups is 1. The van der Waals surface area contributed by atoms with E-state index in [1.54, 1.807) is 0 Å². The maximum Gasteiger partial charge on any atom is 0.407 e. The van der Waals surface area contributed by atoms with Gasteiger partial charge in [0.15, 0.2) is 0 Å². The lowest BCUT2D eigenvalue weighted by atomic mass is 10.1. The van der Waals surface area contributed by atoms with Crippen LogP contribution in [-0.4, -0.2) is 46.4 Å². The van der Waals surface area contributed by atoms with E-state index in [2.05, 4.69) is 0 Å². The molecule has 0 bridgehead atoms. The molecule has 0 aromatic heterocycles. The minimum Gasteiger partial charge on any atom is -0.465 e. The van der Waals surface area contributed by atoms with Crippen LogP contribution in [0, 0.1) is 0 Å². The number of carboxylic acid groups (broad SMARTS) is 1. The molecule has 0 aliphatic carbocycles. The predicted molar refractivity (Wildman–Crippen MR) is 38.2 cm³/mol. The van der Waals surface area contributed by atoms with Gasteiger partial charge in [-0.1, -0.05) is 0 Å². The van der Waals surface area contributed by atoms with Gasteiger partial charge in [-0.05, 0) is 6.42 Å². The number of aliphatic hydroxyl groups excluding tert-OH is 1. The van der Waals surface area contributed by atoms with E-state index in [4.69, 9.17) is 15.9 Å². The maximum absolute atomic E-state index is 10.4. The Kier molecular flexibility index (Phi) is 2.31. The van der Waals surface area contributed by atoms with E-state index in [1.807, 2.05) is 0 Å². The standard InChI is InChI=1S/C6H12N2O3/c7-4-1-5(9)3-8(2-4)6(10)11/h4-5,9H,1-3,7H2,(H,10,11)/t4-,5-/m1/s1. The van der Waals surface area contributed by atoms with Crippen molar-refractivity contribution < 1.29 is 15.0 Å². The average Bonchev–Trinajstić information content (AvgIpc) is 1.85. The van der Waals surface area contributed by atoms with Crippen LogP contribution < -0.4 is 5.73 Å². The molecule has 64 valence electrons. The third kappa shape index (κ3) is 2.06. The summed E-state index contributed by atoms with van der Waals surface area (Å²) in [4.78, 5) is 11.5. The van der Waals surface area contributed by atoms with Crippen molar-refractivity contribution in [3.05, 3.63) is 0 Å². The highest BCUT2D eigenvalue weighted by Crippen LogP contribution is 2.08. The number of amides is 1. The summed E-state index contributed by atoms with van der Waals surface area (Å²) in [6.07, 6.45) is -1.13. The first-order valence-corrected chi connectivity index (χ1v) is 3.51. The molecule has 5 nitrogen and oxygen atoms in total. The van der Waals surface area contributed by atoms with Crippen molar-refractivity contribution in [1.82, 2.24) is 4.90 Å². The summed E-state index contributed by atoms with van der Waals surface area (Å²) in [5, 5.41) is 17.6. The number of β-amino-alcohol motifs (C(OH)–C–C–N with tert-alkyl or cyclic N) is 1. The van der Waals surface area contributed by atoms with Gasteiger partial charge in [-0.15, -0.1) is 0 Å². The molecule has 0 aromatic rings. The fraction of sp³-hybridized carbons (Fsp3) is 0.833. The zero-order valence-electron chi connectivity index (χ0n) is 6.10. The molecule has 0 spiro atoms. The van der Waals surface area contributed by atoms with Crippen molar-refractivity contribution in [3.63, 3.8) is 0 Å².